The van der Waals surface area contributed by atoms with Crippen LogP contribution in [0.15, 0.2) is 0 Å². The molecule has 2 nitrogen and oxygen atoms in total. The van der Waals surface area contributed by atoms with Gasteiger partial charge in [0.25, 0.3) is 0 Å². The Morgan fingerprint density at radius 2 is 1.72 bits per heavy atom. The summed E-state index contributed by atoms with van der Waals surface area (Å²) in [4.78, 5) is 2.67. The van der Waals surface area contributed by atoms with E-state index in [1.54, 1.807) is 0 Å². The van der Waals surface area contributed by atoms with Crippen LogP contribution < -0.4 is 5.32 Å². The van der Waals surface area contributed by atoms with Gasteiger partial charge in [0.1, 0.15) is 0 Å². The number of hydrogen-bond acceptors (Lipinski definition) is 2. The van der Waals surface area contributed by atoms with Crippen molar-refractivity contribution in [3.63, 3.8) is 0 Å². The third-order valence-electron chi connectivity index (χ3n) is 5.05. The van der Waals surface area contributed by atoms with Crippen molar-refractivity contribution in [2.45, 2.75) is 70.4 Å². The molecule has 1 N–H and O–H groups in total. The summed E-state index contributed by atoms with van der Waals surface area (Å²) < 4.78 is 0. The standard InChI is InChI=1S/C16H30N2/c1-2-10-18-11-3-4-15(9-12-18)17-16(13-5-6-13)14-7-8-14/h13-17H,2-12H2,1H3. The van der Waals surface area contributed by atoms with Crippen molar-refractivity contribution in [1.29, 1.82) is 0 Å². The lowest BCUT2D eigenvalue weighted by Gasteiger charge is -2.25. The van der Waals surface area contributed by atoms with E-state index in [0.717, 1.165) is 23.9 Å². The summed E-state index contributed by atoms with van der Waals surface area (Å²) in [5, 5.41) is 4.06. The van der Waals surface area contributed by atoms with Crippen LogP contribution in [0.1, 0.15) is 58.3 Å². The molecule has 2 aliphatic carbocycles. The Morgan fingerprint density at radius 1 is 1.00 bits per heavy atom. The summed E-state index contributed by atoms with van der Waals surface area (Å²) in [6, 6.07) is 1.71. The van der Waals surface area contributed by atoms with Gasteiger partial charge in [-0.05, 0) is 82.8 Å². The molecule has 3 aliphatic rings. The Labute approximate surface area is 113 Å². The molecule has 1 aliphatic heterocycles. The van der Waals surface area contributed by atoms with Gasteiger partial charge < -0.3 is 10.2 Å². The maximum Gasteiger partial charge on any atom is 0.0126 e. The first-order valence-corrected chi connectivity index (χ1v) is 8.35. The normalized spacial score (nSPS) is 30.7. The molecule has 104 valence electrons. The minimum Gasteiger partial charge on any atom is -0.311 e. The van der Waals surface area contributed by atoms with E-state index in [9.17, 15) is 0 Å². The van der Waals surface area contributed by atoms with Gasteiger partial charge in [-0.1, -0.05) is 6.92 Å². The van der Waals surface area contributed by atoms with E-state index < -0.39 is 0 Å². The average molecular weight is 250 g/mol. The van der Waals surface area contributed by atoms with Gasteiger partial charge in [0.15, 0.2) is 0 Å². The van der Waals surface area contributed by atoms with Crippen LogP contribution in [-0.4, -0.2) is 36.6 Å². The molecule has 0 bridgehead atoms. The van der Waals surface area contributed by atoms with Crippen LogP contribution in [0.3, 0.4) is 0 Å². The maximum absolute atomic E-state index is 4.06. The molecule has 1 unspecified atom stereocenters. The Bertz CT molecular complexity index is 246. The summed E-state index contributed by atoms with van der Waals surface area (Å²) in [7, 11) is 0. The Morgan fingerprint density at radius 3 is 2.33 bits per heavy atom. The molecular weight excluding hydrogens is 220 g/mol. The molecule has 2 heteroatoms. The lowest BCUT2D eigenvalue weighted by atomic mass is 10.0. The van der Waals surface area contributed by atoms with Crippen molar-refractivity contribution in [1.82, 2.24) is 10.2 Å². The molecule has 18 heavy (non-hydrogen) atoms. The lowest BCUT2D eigenvalue weighted by Crippen LogP contribution is -2.41. The molecule has 0 amide bonds. The first kappa shape index (κ1) is 12.9. The van der Waals surface area contributed by atoms with Crippen LogP contribution in [0.4, 0.5) is 0 Å². The number of rotatable bonds is 6. The molecule has 0 aromatic carbocycles. The van der Waals surface area contributed by atoms with E-state index in [0.29, 0.717) is 0 Å². The quantitative estimate of drug-likeness (QED) is 0.779. The van der Waals surface area contributed by atoms with Crippen LogP contribution in [0.5, 0.6) is 0 Å². The van der Waals surface area contributed by atoms with Crippen LogP contribution in [-0.2, 0) is 0 Å². The zero-order valence-electron chi connectivity index (χ0n) is 12.0. The fourth-order valence-electron chi connectivity index (χ4n) is 3.70. The molecular formula is C16H30N2. The van der Waals surface area contributed by atoms with Gasteiger partial charge in [-0.15, -0.1) is 0 Å². The van der Waals surface area contributed by atoms with Gasteiger partial charge in [0.2, 0.25) is 0 Å². The topological polar surface area (TPSA) is 15.3 Å². The predicted octanol–water partition coefficient (Wildman–Crippen LogP) is 3.03. The summed E-state index contributed by atoms with van der Waals surface area (Å²) in [6.45, 7) is 6.27. The zero-order chi connectivity index (χ0) is 12.4. The zero-order valence-corrected chi connectivity index (χ0v) is 12.0. The van der Waals surface area contributed by atoms with E-state index in [-0.39, 0.29) is 0 Å². The Kier molecular flexibility index (Phi) is 4.25. The van der Waals surface area contributed by atoms with E-state index in [4.69, 9.17) is 0 Å². The largest absolute Gasteiger partial charge is 0.311 e. The fraction of sp³-hybridized carbons (Fsp3) is 1.00. The first-order valence-electron chi connectivity index (χ1n) is 8.35. The van der Waals surface area contributed by atoms with Crippen LogP contribution in [0.2, 0.25) is 0 Å². The Balaban J connectivity index is 1.46. The van der Waals surface area contributed by atoms with Gasteiger partial charge in [0.05, 0.1) is 0 Å². The Hall–Kier alpha value is -0.0800. The van der Waals surface area contributed by atoms with Crippen molar-refractivity contribution in [2.24, 2.45) is 11.8 Å². The van der Waals surface area contributed by atoms with Crippen LogP contribution in [0.25, 0.3) is 0 Å². The molecule has 3 rings (SSSR count). The number of nitrogens with one attached hydrogen (secondary N) is 1. The first-order chi connectivity index (χ1) is 8.86. The maximum atomic E-state index is 4.06. The molecule has 1 saturated heterocycles. The van der Waals surface area contributed by atoms with Crippen LogP contribution in [0, 0.1) is 11.8 Å². The van der Waals surface area contributed by atoms with Crippen molar-refractivity contribution in [2.75, 3.05) is 19.6 Å². The number of nitrogens with zero attached hydrogens (tertiary/aromatic N) is 1. The number of likely N-dealkylation sites (tertiary alicyclic amines) is 1. The van der Waals surface area contributed by atoms with Crippen molar-refractivity contribution < 1.29 is 0 Å². The molecule has 0 aromatic rings. The smallest absolute Gasteiger partial charge is 0.0126 e. The minimum absolute atomic E-state index is 0.818. The van der Waals surface area contributed by atoms with Crippen LogP contribution >= 0.6 is 0 Å². The SMILES string of the molecule is CCCN1CCCC(NC(C2CC2)C2CC2)CC1. The molecule has 2 saturated carbocycles. The van der Waals surface area contributed by atoms with E-state index in [1.165, 1.54) is 71.0 Å². The van der Waals surface area contributed by atoms with Crippen molar-refractivity contribution in [3.05, 3.63) is 0 Å². The highest BCUT2D eigenvalue weighted by molar-refractivity contribution is 4.97. The highest BCUT2D eigenvalue weighted by Crippen LogP contribution is 2.44. The molecule has 1 atom stereocenters. The monoisotopic (exact) mass is 250 g/mol. The fourth-order valence-corrected chi connectivity index (χ4v) is 3.70. The van der Waals surface area contributed by atoms with E-state index >= 15 is 0 Å². The summed E-state index contributed by atoms with van der Waals surface area (Å²) in [6.07, 6.45) is 11.5. The number of hydrogen-bond donors (Lipinski definition) is 1. The summed E-state index contributed by atoms with van der Waals surface area (Å²) >= 11 is 0. The molecule has 0 spiro atoms. The summed E-state index contributed by atoms with van der Waals surface area (Å²) in [5.74, 6) is 2.10. The third kappa shape index (κ3) is 3.48. The predicted molar refractivity (Wildman–Crippen MR) is 76.7 cm³/mol. The van der Waals surface area contributed by atoms with Gasteiger partial charge in [-0.3, -0.25) is 0 Å². The second-order valence-electron chi connectivity index (χ2n) is 6.84. The lowest BCUT2D eigenvalue weighted by molar-refractivity contribution is 0.278. The average Bonchev–Trinajstić information content (AvgIpc) is 3.21. The van der Waals surface area contributed by atoms with Gasteiger partial charge in [0, 0.05) is 12.1 Å². The molecule has 0 radical (unpaired) electrons. The van der Waals surface area contributed by atoms with Gasteiger partial charge >= 0.3 is 0 Å². The van der Waals surface area contributed by atoms with Crippen molar-refractivity contribution >= 4 is 0 Å². The minimum atomic E-state index is 0.818. The van der Waals surface area contributed by atoms with Crippen molar-refractivity contribution in [3.8, 4) is 0 Å². The highest BCUT2D eigenvalue weighted by Gasteiger charge is 2.42. The van der Waals surface area contributed by atoms with E-state index in [2.05, 4.69) is 17.1 Å². The molecule has 1 heterocycles. The third-order valence-corrected chi connectivity index (χ3v) is 5.05. The second kappa shape index (κ2) is 5.92. The molecule has 0 aromatic heterocycles. The molecule has 3 fully saturated rings. The highest BCUT2D eigenvalue weighted by atomic mass is 15.1. The second-order valence-corrected chi connectivity index (χ2v) is 6.84. The van der Waals surface area contributed by atoms with E-state index in [1.807, 2.05) is 0 Å². The van der Waals surface area contributed by atoms with Gasteiger partial charge in [-0.2, -0.15) is 0 Å². The van der Waals surface area contributed by atoms with Gasteiger partial charge in [-0.25, -0.2) is 0 Å². The summed E-state index contributed by atoms with van der Waals surface area (Å²) in [5.41, 5.74) is 0.